The lowest BCUT2D eigenvalue weighted by molar-refractivity contribution is 0.105. The van der Waals surface area contributed by atoms with E-state index in [2.05, 4.69) is 31.1 Å². The Bertz CT molecular complexity index is 660. The van der Waals surface area contributed by atoms with Crippen LogP contribution in [0.4, 0.5) is 22.2 Å². The molecule has 1 atom stereocenters. The number of aromatic nitrogens is 3. The molecule has 0 aliphatic heterocycles. The summed E-state index contributed by atoms with van der Waals surface area (Å²) in [6, 6.07) is 6.35. The molecule has 130 valence electrons. The first kappa shape index (κ1) is 17.8. The molecule has 1 aromatic carbocycles. The number of anilines is 3. The average Bonchev–Trinajstić information content (AvgIpc) is 2.59. The lowest BCUT2D eigenvalue weighted by Crippen LogP contribution is -2.24. The maximum absolute atomic E-state index is 13.6. The predicted octanol–water partition coefficient (Wildman–Crippen LogP) is 0.361. The Kier molecular flexibility index (Phi) is 6.61. The van der Waals surface area contributed by atoms with Gasteiger partial charge in [0.2, 0.25) is 11.9 Å². The van der Waals surface area contributed by atoms with Gasteiger partial charge in [-0.25, -0.2) is 9.87 Å². The molecule has 2 rings (SSSR count). The summed E-state index contributed by atoms with van der Waals surface area (Å²) in [5, 5.41) is 23.8. The highest BCUT2D eigenvalue weighted by Crippen LogP contribution is 2.12. The summed E-state index contributed by atoms with van der Waals surface area (Å²) in [6.07, 6.45) is -0.949. The lowest BCUT2D eigenvalue weighted by Gasteiger charge is -2.12. The molecule has 0 saturated carbocycles. The minimum Gasteiger partial charge on any atom is -0.394 e. The fraction of sp³-hybridized carbons (Fsp3) is 0.357. The number of benzene rings is 1. The van der Waals surface area contributed by atoms with Gasteiger partial charge in [-0.15, -0.1) is 0 Å². The predicted molar refractivity (Wildman–Crippen MR) is 85.8 cm³/mol. The van der Waals surface area contributed by atoms with Crippen LogP contribution in [0.15, 0.2) is 24.3 Å². The molecule has 1 aromatic heterocycles. The number of aliphatic hydroxyl groups is 2. The topological polar surface area (TPSA) is 124 Å². The number of halogens is 1. The average molecular weight is 338 g/mol. The molecule has 2 aromatic rings. The summed E-state index contributed by atoms with van der Waals surface area (Å²) in [6.45, 7) is -0.152. The number of aliphatic hydroxyl groups excluding tert-OH is 2. The van der Waals surface area contributed by atoms with Gasteiger partial charge in [-0.2, -0.15) is 15.0 Å². The normalized spacial score (nSPS) is 11.8. The molecule has 5 N–H and O–H groups in total. The van der Waals surface area contributed by atoms with E-state index >= 15 is 0 Å². The molecule has 0 saturated heterocycles. The van der Waals surface area contributed by atoms with E-state index in [0.29, 0.717) is 5.56 Å². The van der Waals surface area contributed by atoms with Gasteiger partial charge in [-0.05, 0) is 6.07 Å². The van der Waals surface area contributed by atoms with Crippen molar-refractivity contribution < 1.29 is 19.4 Å². The molecule has 24 heavy (non-hydrogen) atoms. The molecule has 0 fully saturated rings. The highest BCUT2D eigenvalue weighted by atomic mass is 19.1. The van der Waals surface area contributed by atoms with E-state index in [4.69, 9.17) is 9.94 Å². The van der Waals surface area contributed by atoms with Crippen molar-refractivity contribution >= 4 is 17.8 Å². The maximum Gasteiger partial charge on any atom is 0.253 e. The van der Waals surface area contributed by atoms with Crippen molar-refractivity contribution in [1.29, 1.82) is 0 Å². The molecule has 0 radical (unpaired) electrons. The quantitative estimate of drug-likeness (QED) is 0.412. The Morgan fingerprint density at radius 1 is 1.12 bits per heavy atom. The fourth-order valence-electron chi connectivity index (χ4n) is 1.76. The van der Waals surface area contributed by atoms with E-state index in [0.717, 1.165) is 0 Å². The zero-order chi connectivity index (χ0) is 17.4. The Morgan fingerprint density at radius 3 is 2.46 bits per heavy atom. The van der Waals surface area contributed by atoms with Gasteiger partial charge in [-0.1, -0.05) is 18.2 Å². The van der Waals surface area contributed by atoms with Crippen LogP contribution < -0.4 is 16.1 Å². The second-order valence-electron chi connectivity index (χ2n) is 4.77. The summed E-state index contributed by atoms with van der Waals surface area (Å²) in [7, 11) is 1.40. The second-order valence-corrected chi connectivity index (χ2v) is 4.77. The molecule has 1 unspecified atom stereocenters. The van der Waals surface area contributed by atoms with E-state index in [9.17, 15) is 9.50 Å². The van der Waals surface area contributed by atoms with E-state index < -0.39 is 6.10 Å². The Balaban J connectivity index is 2.09. The van der Waals surface area contributed by atoms with Crippen molar-refractivity contribution in [2.45, 2.75) is 12.6 Å². The van der Waals surface area contributed by atoms with E-state index in [1.165, 1.54) is 13.2 Å². The third kappa shape index (κ3) is 5.26. The van der Waals surface area contributed by atoms with Gasteiger partial charge in [0.15, 0.2) is 0 Å². The summed E-state index contributed by atoms with van der Waals surface area (Å²) < 4.78 is 13.6. The minimum atomic E-state index is -0.949. The molecule has 9 nitrogen and oxygen atoms in total. The first-order valence-electron chi connectivity index (χ1n) is 7.17. The van der Waals surface area contributed by atoms with Crippen LogP contribution in [0.3, 0.4) is 0 Å². The molecular weight excluding hydrogens is 319 g/mol. The Hall–Kier alpha value is -2.56. The van der Waals surface area contributed by atoms with Crippen molar-refractivity contribution in [3.05, 3.63) is 35.6 Å². The van der Waals surface area contributed by atoms with Gasteiger partial charge in [0.05, 0.1) is 19.8 Å². The van der Waals surface area contributed by atoms with Crippen LogP contribution in [0.2, 0.25) is 0 Å². The third-order valence-electron chi connectivity index (χ3n) is 2.93. The van der Waals surface area contributed by atoms with Crippen LogP contribution in [-0.4, -0.2) is 51.5 Å². The maximum atomic E-state index is 13.6. The fourth-order valence-corrected chi connectivity index (χ4v) is 1.76. The van der Waals surface area contributed by atoms with E-state index in [-0.39, 0.29) is 43.4 Å². The molecule has 0 aliphatic carbocycles. The molecule has 0 bridgehead atoms. The molecule has 0 spiro atoms. The lowest BCUT2D eigenvalue weighted by atomic mass is 10.2. The summed E-state index contributed by atoms with van der Waals surface area (Å²) in [5.41, 5.74) is 2.93. The van der Waals surface area contributed by atoms with Crippen LogP contribution >= 0.6 is 0 Å². The number of rotatable bonds is 9. The van der Waals surface area contributed by atoms with Crippen molar-refractivity contribution in [2.75, 3.05) is 36.4 Å². The van der Waals surface area contributed by atoms with Gasteiger partial charge in [-0.3, -0.25) is 4.84 Å². The molecule has 0 aliphatic rings. The molecule has 10 heteroatoms. The van der Waals surface area contributed by atoms with Gasteiger partial charge in [0.25, 0.3) is 5.95 Å². The third-order valence-corrected chi connectivity index (χ3v) is 2.93. The van der Waals surface area contributed by atoms with Crippen molar-refractivity contribution in [1.82, 2.24) is 15.0 Å². The number of nitrogens with zero attached hydrogens (tertiary/aromatic N) is 3. The van der Waals surface area contributed by atoms with Crippen LogP contribution in [0.1, 0.15) is 5.56 Å². The summed E-state index contributed by atoms with van der Waals surface area (Å²) in [4.78, 5) is 17.0. The summed E-state index contributed by atoms with van der Waals surface area (Å²) in [5.74, 6) is 0.144. The van der Waals surface area contributed by atoms with Crippen LogP contribution in [0.25, 0.3) is 0 Å². The van der Waals surface area contributed by atoms with Crippen LogP contribution in [-0.2, 0) is 11.4 Å². The Morgan fingerprint density at radius 2 is 1.79 bits per heavy atom. The smallest absolute Gasteiger partial charge is 0.253 e. The Labute approximate surface area is 137 Å². The first-order chi connectivity index (χ1) is 11.6. The number of hydrogen-bond donors (Lipinski definition) is 5. The zero-order valence-electron chi connectivity index (χ0n) is 13.0. The van der Waals surface area contributed by atoms with Gasteiger partial charge >= 0.3 is 0 Å². The number of nitrogens with one attached hydrogen (secondary N) is 3. The van der Waals surface area contributed by atoms with Crippen LogP contribution in [0.5, 0.6) is 0 Å². The SMILES string of the molecule is CONc1nc(NCc2ccccc2F)nc(NCC(O)CO)n1. The van der Waals surface area contributed by atoms with Crippen molar-refractivity contribution in [2.24, 2.45) is 0 Å². The van der Waals surface area contributed by atoms with Crippen molar-refractivity contribution in [3.63, 3.8) is 0 Å². The summed E-state index contributed by atoms with van der Waals surface area (Å²) >= 11 is 0. The van der Waals surface area contributed by atoms with E-state index in [1.54, 1.807) is 18.2 Å². The number of hydrogen-bond acceptors (Lipinski definition) is 9. The molecule has 1 heterocycles. The van der Waals surface area contributed by atoms with Gasteiger partial charge < -0.3 is 20.8 Å². The minimum absolute atomic E-state index is 0.0552. The first-order valence-corrected chi connectivity index (χ1v) is 7.17. The van der Waals surface area contributed by atoms with Crippen molar-refractivity contribution in [3.8, 4) is 0 Å². The molecule has 0 amide bonds. The molecular formula is C14H19FN6O3. The zero-order valence-corrected chi connectivity index (χ0v) is 13.0. The highest BCUT2D eigenvalue weighted by molar-refractivity contribution is 5.41. The standard InChI is InChI=1S/C14H19FN6O3/c1-24-21-14-19-12(16-6-9-4-2-3-5-11(9)15)18-13(20-14)17-7-10(23)8-22/h2-5,10,22-23H,6-8H2,1H3,(H3,16,17,18,19,20,21). The highest BCUT2D eigenvalue weighted by Gasteiger charge is 2.09. The largest absolute Gasteiger partial charge is 0.394 e. The van der Waals surface area contributed by atoms with E-state index in [1.807, 2.05) is 0 Å². The second kappa shape index (κ2) is 8.91. The monoisotopic (exact) mass is 338 g/mol. The van der Waals surface area contributed by atoms with Crippen LogP contribution in [0, 0.1) is 5.82 Å². The van der Waals surface area contributed by atoms with Gasteiger partial charge in [0, 0.05) is 18.7 Å². The van der Waals surface area contributed by atoms with Gasteiger partial charge in [0.1, 0.15) is 5.82 Å².